The molecule has 3 rings (SSSR count). The van der Waals surface area contributed by atoms with Crippen LogP contribution in [0.3, 0.4) is 0 Å². The highest BCUT2D eigenvalue weighted by Gasteiger charge is 2.14. The van der Waals surface area contributed by atoms with Crippen LogP contribution in [0.4, 0.5) is 5.95 Å². The van der Waals surface area contributed by atoms with E-state index in [1.165, 1.54) is 14.2 Å². The van der Waals surface area contributed by atoms with Crippen molar-refractivity contribution in [1.29, 1.82) is 0 Å². The third-order valence-corrected chi connectivity index (χ3v) is 3.75. The first-order chi connectivity index (χ1) is 11.5. The van der Waals surface area contributed by atoms with Gasteiger partial charge in [-0.05, 0) is 12.1 Å². The fourth-order valence-electron chi connectivity index (χ4n) is 2.34. The number of esters is 1. The van der Waals surface area contributed by atoms with Crippen LogP contribution in [0.1, 0.15) is 15.9 Å². The van der Waals surface area contributed by atoms with Crippen molar-refractivity contribution in [3.05, 3.63) is 40.8 Å². The highest BCUT2D eigenvalue weighted by molar-refractivity contribution is 6.33. The largest absolute Gasteiger partial charge is 0.496 e. The molecule has 1 aromatic carbocycles. The first-order valence-electron chi connectivity index (χ1n) is 6.92. The molecule has 0 unspecified atom stereocenters. The second-order valence-corrected chi connectivity index (χ2v) is 5.29. The van der Waals surface area contributed by atoms with Gasteiger partial charge < -0.3 is 19.8 Å². The summed E-state index contributed by atoms with van der Waals surface area (Å²) in [5.74, 6) is 0.190. The van der Waals surface area contributed by atoms with Crippen molar-refractivity contribution in [1.82, 2.24) is 19.5 Å². The van der Waals surface area contributed by atoms with Crippen LogP contribution in [-0.2, 0) is 11.3 Å². The number of carbonyl (C=O) groups excluding carboxylic acids is 1. The molecule has 0 amide bonds. The molecule has 8 nitrogen and oxygen atoms in total. The number of carbonyl (C=O) groups is 1. The van der Waals surface area contributed by atoms with E-state index in [4.69, 9.17) is 26.8 Å². The lowest BCUT2D eigenvalue weighted by atomic mass is 10.1. The third kappa shape index (κ3) is 2.83. The highest BCUT2D eigenvalue weighted by atomic mass is 35.5. The lowest BCUT2D eigenvalue weighted by molar-refractivity contribution is 0.0600. The van der Waals surface area contributed by atoms with Gasteiger partial charge in [-0.2, -0.15) is 9.97 Å². The number of hydrogen-bond acceptors (Lipinski definition) is 7. The van der Waals surface area contributed by atoms with E-state index in [2.05, 4.69) is 15.0 Å². The maximum absolute atomic E-state index is 11.6. The normalized spacial score (nSPS) is 10.8. The number of hydrogen-bond donors (Lipinski definition) is 1. The van der Waals surface area contributed by atoms with E-state index in [1.807, 2.05) is 0 Å². The molecule has 0 aliphatic rings. The summed E-state index contributed by atoms with van der Waals surface area (Å²) in [4.78, 5) is 23.9. The van der Waals surface area contributed by atoms with E-state index in [0.29, 0.717) is 29.0 Å². The Morgan fingerprint density at radius 1 is 1.33 bits per heavy atom. The molecule has 0 saturated heterocycles. The predicted molar refractivity (Wildman–Crippen MR) is 88.2 cm³/mol. The average molecular weight is 348 g/mol. The Balaban J connectivity index is 2.01. The van der Waals surface area contributed by atoms with Crippen molar-refractivity contribution in [3.63, 3.8) is 0 Å². The van der Waals surface area contributed by atoms with Crippen LogP contribution in [0.15, 0.2) is 24.5 Å². The van der Waals surface area contributed by atoms with Crippen molar-refractivity contribution in [3.8, 4) is 5.75 Å². The van der Waals surface area contributed by atoms with Gasteiger partial charge in [-0.1, -0.05) is 17.7 Å². The zero-order valence-electron chi connectivity index (χ0n) is 13.0. The van der Waals surface area contributed by atoms with Crippen molar-refractivity contribution < 1.29 is 14.3 Å². The molecule has 0 spiro atoms. The number of aromatic nitrogens is 4. The fourth-order valence-corrected chi connectivity index (χ4v) is 2.56. The second-order valence-electron chi connectivity index (χ2n) is 4.94. The average Bonchev–Trinajstić information content (AvgIpc) is 2.97. The number of ether oxygens (including phenoxy) is 2. The van der Waals surface area contributed by atoms with Gasteiger partial charge in [-0.3, -0.25) is 0 Å². The van der Waals surface area contributed by atoms with E-state index < -0.39 is 5.97 Å². The van der Waals surface area contributed by atoms with Gasteiger partial charge in [0, 0.05) is 5.56 Å². The third-order valence-electron chi connectivity index (χ3n) is 3.49. The second kappa shape index (κ2) is 6.32. The first-order valence-corrected chi connectivity index (χ1v) is 7.30. The molecule has 124 valence electrons. The van der Waals surface area contributed by atoms with Crippen LogP contribution in [0.25, 0.3) is 11.2 Å². The maximum atomic E-state index is 11.6. The highest BCUT2D eigenvalue weighted by Crippen LogP contribution is 2.25. The van der Waals surface area contributed by atoms with Crippen LogP contribution in [0.2, 0.25) is 5.15 Å². The number of methoxy groups -OCH3 is 2. The number of rotatable bonds is 4. The molecular weight excluding hydrogens is 334 g/mol. The van der Waals surface area contributed by atoms with Gasteiger partial charge in [0.2, 0.25) is 5.95 Å². The molecule has 0 atom stereocenters. The Hall–Kier alpha value is -2.87. The minimum Gasteiger partial charge on any atom is -0.496 e. The summed E-state index contributed by atoms with van der Waals surface area (Å²) >= 11 is 6.03. The van der Waals surface area contributed by atoms with Gasteiger partial charge in [-0.15, -0.1) is 0 Å². The van der Waals surface area contributed by atoms with Crippen LogP contribution >= 0.6 is 11.6 Å². The molecule has 0 fully saturated rings. The van der Waals surface area contributed by atoms with Gasteiger partial charge in [0.05, 0.1) is 32.7 Å². The summed E-state index contributed by atoms with van der Waals surface area (Å²) in [6.45, 7) is 0.411. The predicted octanol–water partition coefficient (Wildman–Crippen LogP) is 1.91. The lowest BCUT2D eigenvalue weighted by Crippen LogP contribution is -2.06. The number of benzene rings is 1. The minimum absolute atomic E-state index is 0.0715. The molecular formula is C15H14ClN5O3. The summed E-state index contributed by atoms with van der Waals surface area (Å²) in [5.41, 5.74) is 7.87. The number of halogens is 1. The van der Waals surface area contributed by atoms with E-state index in [-0.39, 0.29) is 11.1 Å². The zero-order valence-corrected chi connectivity index (χ0v) is 13.7. The lowest BCUT2D eigenvalue weighted by Gasteiger charge is -2.11. The molecule has 2 N–H and O–H groups in total. The van der Waals surface area contributed by atoms with E-state index >= 15 is 0 Å². The quantitative estimate of drug-likeness (QED) is 0.567. The van der Waals surface area contributed by atoms with Gasteiger partial charge in [0.25, 0.3) is 0 Å². The van der Waals surface area contributed by atoms with Gasteiger partial charge >= 0.3 is 5.97 Å². The van der Waals surface area contributed by atoms with E-state index in [1.54, 1.807) is 29.1 Å². The van der Waals surface area contributed by atoms with Crippen molar-refractivity contribution >= 4 is 34.7 Å². The minimum atomic E-state index is -0.430. The molecule has 24 heavy (non-hydrogen) atoms. The van der Waals surface area contributed by atoms with Gasteiger partial charge in [0.1, 0.15) is 11.3 Å². The number of anilines is 1. The smallest absolute Gasteiger partial charge is 0.337 e. The van der Waals surface area contributed by atoms with Crippen LogP contribution in [0.5, 0.6) is 5.75 Å². The molecule has 0 saturated carbocycles. The van der Waals surface area contributed by atoms with E-state index in [9.17, 15) is 4.79 Å². The molecule has 2 heterocycles. The Morgan fingerprint density at radius 3 is 2.83 bits per heavy atom. The number of nitrogens with zero attached hydrogens (tertiary/aromatic N) is 4. The van der Waals surface area contributed by atoms with Crippen molar-refractivity contribution in [2.45, 2.75) is 6.54 Å². The number of imidazole rings is 1. The van der Waals surface area contributed by atoms with Crippen molar-refractivity contribution in [2.75, 3.05) is 20.0 Å². The number of fused-ring (bicyclic) bond motifs is 1. The van der Waals surface area contributed by atoms with E-state index in [0.717, 1.165) is 5.56 Å². The Kier molecular flexibility index (Phi) is 4.22. The standard InChI is InChI=1S/C15H14ClN5O3/c1-23-10-5-8(14(22)24-2)3-4-9(10)6-21-7-18-11-12(16)19-15(17)20-13(11)21/h3-5,7H,6H2,1-2H3,(H2,17,19,20). The summed E-state index contributed by atoms with van der Waals surface area (Å²) in [6, 6.07) is 5.07. The SMILES string of the molecule is COC(=O)c1ccc(Cn2cnc3c(Cl)nc(N)nc32)c(OC)c1. The van der Waals surface area contributed by atoms with Gasteiger partial charge in [-0.25, -0.2) is 9.78 Å². The first kappa shape index (κ1) is 16.0. The van der Waals surface area contributed by atoms with Gasteiger partial charge in [0.15, 0.2) is 10.8 Å². The Bertz CT molecular complexity index is 925. The van der Waals surface area contributed by atoms with Crippen LogP contribution in [0, 0.1) is 0 Å². The molecule has 2 aromatic heterocycles. The topological polar surface area (TPSA) is 105 Å². The zero-order chi connectivity index (χ0) is 17.3. The summed E-state index contributed by atoms with van der Waals surface area (Å²) in [7, 11) is 2.86. The van der Waals surface area contributed by atoms with Crippen molar-refractivity contribution in [2.24, 2.45) is 0 Å². The monoisotopic (exact) mass is 347 g/mol. The maximum Gasteiger partial charge on any atom is 0.337 e. The van der Waals surface area contributed by atoms with Crippen LogP contribution < -0.4 is 10.5 Å². The Labute approximate surface area is 142 Å². The summed E-state index contributed by atoms with van der Waals surface area (Å²) < 4.78 is 11.8. The molecule has 0 radical (unpaired) electrons. The number of nitrogens with two attached hydrogens (primary N) is 1. The molecule has 0 bridgehead atoms. The number of nitrogen functional groups attached to an aromatic ring is 1. The fraction of sp³-hybridized carbons (Fsp3) is 0.200. The van der Waals surface area contributed by atoms with Crippen LogP contribution in [-0.4, -0.2) is 39.7 Å². The Morgan fingerprint density at radius 2 is 2.12 bits per heavy atom. The molecule has 0 aliphatic heterocycles. The summed E-state index contributed by atoms with van der Waals surface area (Å²) in [6.07, 6.45) is 1.60. The molecule has 0 aliphatic carbocycles. The molecule has 3 aromatic rings. The molecule has 9 heteroatoms. The summed E-state index contributed by atoms with van der Waals surface area (Å²) in [5, 5.41) is 0.198.